The summed E-state index contributed by atoms with van der Waals surface area (Å²) < 4.78 is 38.2. The fraction of sp³-hybridized carbons (Fsp3) is 0.364. The van der Waals surface area contributed by atoms with Gasteiger partial charge in [-0.2, -0.15) is 0 Å². The molecule has 0 fully saturated rings. The third kappa shape index (κ3) is 5.60. The summed E-state index contributed by atoms with van der Waals surface area (Å²) in [4.78, 5) is 24.4. The SMILES string of the molecule is CCOC(=O)c1ccc(C(=O)OCC)c(NS(=O)(=O)c2ccc(C(C)CC)cc2)c1. The highest BCUT2D eigenvalue weighted by molar-refractivity contribution is 7.92. The summed E-state index contributed by atoms with van der Waals surface area (Å²) >= 11 is 0. The smallest absolute Gasteiger partial charge is 0.340 e. The van der Waals surface area contributed by atoms with Gasteiger partial charge in [0, 0.05) is 0 Å². The zero-order chi connectivity index (χ0) is 22.3. The van der Waals surface area contributed by atoms with E-state index < -0.39 is 22.0 Å². The van der Waals surface area contributed by atoms with Gasteiger partial charge >= 0.3 is 11.9 Å². The van der Waals surface area contributed by atoms with Crippen molar-refractivity contribution in [1.29, 1.82) is 0 Å². The first kappa shape index (κ1) is 23.4. The molecule has 0 saturated heterocycles. The highest BCUT2D eigenvalue weighted by Gasteiger charge is 2.22. The second-order valence-electron chi connectivity index (χ2n) is 6.69. The number of rotatable bonds is 9. The number of anilines is 1. The van der Waals surface area contributed by atoms with Crippen molar-refractivity contribution in [3.05, 3.63) is 59.2 Å². The van der Waals surface area contributed by atoms with Gasteiger partial charge in [0.1, 0.15) is 0 Å². The van der Waals surface area contributed by atoms with E-state index in [-0.39, 0.29) is 34.9 Å². The molecule has 0 aliphatic heterocycles. The average molecular weight is 434 g/mol. The third-order valence-electron chi connectivity index (χ3n) is 4.64. The lowest BCUT2D eigenvalue weighted by Gasteiger charge is -2.14. The van der Waals surface area contributed by atoms with Crippen molar-refractivity contribution < 1.29 is 27.5 Å². The van der Waals surface area contributed by atoms with Gasteiger partial charge in [-0.3, -0.25) is 4.72 Å². The highest BCUT2D eigenvalue weighted by atomic mass is 32.2. The number of carbonyl (C=O) groups is 2. The van der Waals surface area contributed by atoms with E-state index in [1.807, 2.05) is 0 Å². The number of sulfonamides is 1. The van der Waals surface area contributed by atoms with E-state index in [0.29, 0.717) is 5.92 Å². The molecule has 0 aromatic heterocycles. The second kappa shape index (κ2) is 10.2. The van der Waals surface area contributed by atoms with E-state index in [2.05, 4.69) is 18.6 Å². The number of benzene rings is 2. The van der Waals surface area contributed by atoms with Crippen LogP contribution in [0.3, 0.4) is 0 Å². The van der Waals surface area contributed by atoms with E-state index in [1.54, 1.807) is 26.0 Å². The third-order valence-corrected chi connectivity index (χ3v) is 6.02. The molecule has 0 heterocycles. The quantitative estimate of drug-likeness (QED) is 0.590. The predicted molar refractivity (Wildman–Crippen MR) is 114 cm³/mol. The van der Waals surface area contributed by atoms with E-state index in [1.165, 1.54) is 30.3 Å². The Kier molecular flexibility index (Phi) is 8.00. The van der Waals surface area contributed by atoms with Gasteiger partial charge in [0.15, 0.2) is 0 Å². The van der Waals surface area contributed by atoms with Crippen LogP contribution in [0.4, 0.5) is 5.69 Å². The largest absolute Gasteiger partial charge is 0.462 e. The van der Waals surface area contributed by atoms with Gasteiger partial charge in [0.05, 0.1) is 34.9 Å². The highest BCUT2D eigenvalue weighted by Crippen LogP contribution is 2.25. The van der Waals surface area contributed by atoms with Crippen LogP contribution in [-0.2, 0) is 19.5 Å². The van der Waals surface area contributed by atoms with Crippen LogP contribution in [0.5, 0.6) is 0 Å². The van der Waals surface area contributed by atoms with Crippen molar-refractivity contribution >= 4 is 27.6 Å². The maximum Gasteiger partial charge on any atom is 0.340 e. The van der Waals surface area contributed by atoms with Crippen LogP contribution in [0, 0.1) is 0 Å². The first-order chi connectivity index (χ1) is 14.2. The molecule has 0 radical (unpaired) electrons. The molecular formula is C22H27NO6S. The van der Waals surface area contributed by atoms with Crippen molar-refractivity contribution in [2.24, 2.45) is 0 Å². The number of carbonyl (C=O) groups excluding carboxylic acids is 2. The molecule has 2 aromatic carbocycles. The van der Waals surface area contributed by atoms with Crippen LogP contribution in [0.2, 0.25) is 0 Å². The zero-order valence-corrected chi connectivity index (χ0v) is 18.4. The predicted octanol–water partition coefficient (Wildman–Crippen LogP) is 4.35. The monoisotopic (exact) mass is 433 g/mol. The lowest BCUT2D eigenvalue weighted by Crippen LogP contribution is -2.17. The molecule has 1 atom stereocenters. The van der Waals surface area contributed by atoms with Crippen LogP contribution in [0.25, 0.3) is 0 Å². The maximum absolute atomic E-state index is 12.9. The second-order valence-corrected chi connectivity index (χ2v) is 8.37. The van der Waals surface area contributed by atoms with Gasteiger partial charge in [0.2, 0.25) is 0 Å². The van der Waals surface area contributed by atoms with Crippen LogP contribution < -0.4 is 4.72 Å². The molecule has 0 amide bonds. The van der Waals surface area contributed by atoms with Crippen molar-refractivity contribution in [3.63, 3.8) is 0 Å². The Balaban J connectivity index is 2.43. The van der Waals surface area contributed by atoms with Crippen LogP contribution >= 0.6 is 0 Å². The fourth-order valence-corrected chi connectivity index (χ4v) is 3.84. The average Bonchev–Trinajstić information content (AvgIpc) is 2.73. The van der Waals surface area contributed by atoms with Gasteiger partial charge in [-0.25, -0.2) is 18.0 Å². The molecule has 7 nitrogen and oxygen atoms in total. The molecule has 0 aliphatic rings. The topological polar surface area (TPSA) is 98.8 Å². The first-order valence-electron chi connectivity index (χ1n) is 9.84. The minimum Gasteiger partial charge on any atom is -0.462 e. The Morgan fingerprint density at radius 2 is 1.53 bits per heavy atom. The molecule has 162 valence electrons. The van der Waals surface area contributed by atoms with Crippen molar-refractivity contribution in [1.82, 2.24) is 0 Å². The number of hydrogen-bond donors (Lipinski definition) is 1. The number of hydrogen-bond acceptors (Lipinski definition) is 6. The van der Waals surface area contributed by atoms with Gasteiger partial charge in [-0.15, -0.1) is 0 Å². The Bertz CT molecular complexity index is 999. The number of nitrogens with one attached hydrogen (secondary N) is 1. The lowest BCUT2D eigenvalue weighted by molar-refractivity contribution is 0.0512. The van der Waals surface area contributed by atoms with Crippen molar-refractivity contribution in [2.45, 2.75) is 44.9 Å². The van der Waals surface area contributed by atoms with Crippen LogP contribution in [0.15, 0.2) is 47.4 Å². The summed E-state index contributed by atoms with van der Waals surface area (Å²) in [5.41, 5.74) is 1.11. The fourth-order valence-electron chi connectivity index (χ4n) is 2.77. The molecule has 2 aromatic rings. The summed E-state index contributed by atoms with van der Waals surface area (Å²) in [7, 11) is -4.00. The van der Waals surface area contributed by atoms with E-state index in [4.69, 9.17) is 9.47 Å². The molecule has 0 spiro atoms. The summed E-state index contributed by atoms with van der Waals surface area (Å²) in [6.45, 7) is 7.73. The standard InChI is InChI=1S/C22H27NO6S/c1-5-15(4)16-8-11-18(12-9-16)30(26,27)23-20-14-17(21(24)28-6-2)10-13-19(20)22(25)29-7-3/h8-15,23H,5-7H2,1-4H3. The molecule has 1 N–H and O–H groups in total. The summed E-state index contributed by atoms with van der Waals surface area (Å²) in [6.07, 6.45) is 0.938. The van der Waals surface area contributed by atoms with E-state index in [9.17, 15) is 18.0 Å². The summed E-state index contributed by atoms with van der Waals surface area (Å²) in [5, 5.41) is 0. The molecule has 8 heteroatoms. The molecule has 1 unspecified atom stereocenters. The molecule has 0 aliphatic carbocycles. The van der Waals surface area contributed by atoms with E-state index >= 15 is 0 Å². The first-order valence-corrected chi connectivity index (χ1v) is 11.3. The van der Waals surface area contributed by atoms with Gasteiger partial charge in [-0.05, 0) is 62.1 Å². The van der Waals surface area contributed by atoms with E-state index in [0.717, 1.165) is 12.0 Å². The van der Waals surface area contributed by atoms with Crippen molar-refractivity contribution in [2.75, 3.05) is 17.9 Å². The zero-order valence-electron chi connectivity index (χ0n) is 17.6. The molecule has 30 heavy (non-hydrogen) atoms. The molecule has 0 saturated carbocycles. The molecule has 0 bridgehead atoms. The Morgan fingerprint density at radius 3 is 2.10 bits per heavy atom. The minimum absolute atomic E-state index is 0.00435. The molecular weight excluding hydrogens is 406 g/mol. The summed E-state index contributed by atoms with van der Waals surface area (Å²) in [6, 6.07) is 10.6. The van der Waals surface area contributed by atoms with Crippen molar-refractivity contribution in [3.8, 4) is 0 Å². The van der Waals surface area contributed by atoms with Gasteiger partial charge < -0.3 is 9.47 Å². The molecule has 2 rings (SSSR count). The Labute approximate surface area is 177 Å². The Morgan fingerprint density at radius 1 is 0.933 bits per heavy atom. The Hall–Kier alpha value is -2.87. The summed E-state index contributed by atoms with van der Waals surface area (Å²) in [5.74, 6) is -1.00. The van der Waals surface area contributed by atoms with Gasteiger partial charge in [-0.1, -0.05) is 26.0 Å². The van der Waals surface area contributed by atoms with Crippen LogP contribution in [-0.4, -0.2) is 33.6 Å². The maximum atomic E-state index is 12.9. The normalized spacial score (nSPS) is 12.1. The van der Waals surface area contributed by atoms with Crippen LogP contribution in [0.1, 0.15) is 66.3 Å². The number of ether oxygens (including phenoxy) is 2. The lowest BCUT2D eigenvalue weighted by atomic mass is 9.99. The van der Waals surface area contributed by atoms with Gasteiger partial charge in [0.25, 0.3) is 10.0 Å². The minimum atomic E-state index is -4.00. The number of esters is 2.